The SMILES string of the molecule is Cc1nn(C)c2nc(C3CC3)cc(C(=O)NC[C@@H]3CN(C)CCO3)c12. The van der Waals surface area contributed by atoms with Crippen molar-refractivity contribution in [3.63, 3.8) is 0 Å². The van der Waals surface area contributed by atoms with E-state index in [0.29, 0.717) is 24.6 Å². The zero-order valence-electron chi connectivity index (χ0n) is 15.1. The number of aryl methyl sites for hydroxylation is 2. The fourth-order valence-electron chi connectivity index (χ4n) is 3.52. The van der Waals surface area contributed by atoms with Crippen LogP contribution in [0.15, 0.2) is 6.07 Å². The molecule has 25 heavy (non-hydrogen) atoms. The number of morpholine rings is 1. The minimum absolute atomic E-state index is 0.0397. The lowest BCUT2D eigenvalue weighted by molar-refractivity contribution is -0.0174. The highest BCUT2D eigenvalue weighted by atomic mass is 16.5. The maximum absolute atomic E-state index is 12.9. The Hall–Kier alpha value is -1.99. The van der Waals surface area contributed by atoms with Gasteiger partial charge in [-0.2, -0.15) is 5.10 Å². The largest absolute Gasteiger partial charge is 0.374 e. The van der Waals surface area contributed by atoms with Gasteiger partial charge in [0.15, 0.2) is 5.65 Å². The summed E-state index contributed by atoms with van der Waals surface area (Å²) >= 11 is 0. The number of ether oxygens (including phenoxy) is 1. The van der Waals surface area contributed by atoms with Crippen LogP contribution in [-0.4, -0.2) is 65.0 Å². The van der Waals surface area contributed by atoms with E-state index in [1.165, 1.54) is 0 Å². The fraction of sp³-hybridized carbons (Fsp3) is 0.611. The molecule has 0 bridgehead atoms. The lowest BCUT2D eigenvalue weighted by atomic mass is 10.1. The van der Waals surface area contributed by atoms with Crippen LogP contribution in [0, 0.1) is 6.92 Å². The molecule has 1 atom stereocenters. The zero-order chi connectivity index (χ0) is 17.6. The topological polar surface area (TPSA) is 72.3 Å². The molecule has 1 amide bonds. The molecule has 2 aliphatic rings. The van der Waals surface area contributed by atoms with Crippen LogP contribution in [0.25, 0.3) is 11.0 Å². The Morgan fingerprint density at radius 3 is 2.92 bits per heavy atom. The van der Waals surface area contributed by atoms with Gasteiger partial charge in [-0.25, -0.2) is 4.98 Å². The van der Waals surface area contributed by atoms with E-state index in [9.17, 15) is 4.79 Å². The van der Waals surface area contributed by atoms with Crippen molar-refractivity contribution in [1.82, 2.24) is 25.0 Å². The van der Waals surface area contributed by atoms with Gasteiger partial charge in [-0.05, 0) is 32.9 Å². The standard InChI is InChI=1S/C18H25N5O2/c1-11-16-14(18(24)19-9-13-10-22(2)6-7-25-13)8-15(12-4-5-12)20-17(16)23(3)21-11/h8,12-13H,4-7,9-10H2,1-3H3,(H,19,24)/t13-/m1/s1. The number of amides is 1. The second-order valence-corrected chi connectivity index (χ2v) is 7.24. The molecule has 3 heterocycles. The molecule has 134 valence electrons. The smallest absolute Gasteiger partial charge is 0.252 e. The van der Waals surface area contributed by atoms with Crippen molar-refractivity contribution < 1.29 is 9.53 Å². The summed E-state index contributed by atoms with van der Waals surface area (Å²) in [6, 6.07) is 1.96. The highest BCUT2D eigenvalue weighted by Crippen LogP contribution is 2.40. The van der Waals surface area contributed by atoms with Crippen LogP contribution < -0.4 is 5.32 Å². The number of rotatable bonds is 4. The first-order valence-corrected chi connectivity index (χ1v) is 8.95. The van der Waals surface area contributed by atoms with Crippen LogP contribution in [0.2, 0.25) is 0 Å². The third-order valence-electron chi connectivity index (χ3n) is 5.06. The van der Waals surface area contributed by atoms with Gasteiger partial charge >= 0.3 is 0 Å². The van der Waals surface area contributed by atoms with Gasteiger partial charge < -0.3 is 15.0 Å². The van der Waals surface area contributed by atoms with Crippen LogP contribution >= 0.6 is 0 Å². The minimum Gasteiger partial charge on any atom is -0.374 e. The summed E-state index contributed by atoms with van der Waals surface area (Å²) < 4.78 is 7.51. The van der Waals surface area contributed by atoms with E-state index < -0.39 is 0 Å². The van der Waals surface area contributed by atoms with Crippen molar-refractivity contribution in [2.75, 3.05) is 33.3 Å². The second kappa shape index (κ2) is 6.38. The lowest BCUT2D eigenvalue weighted by Crippen LogP contribution is -2.45. The molecule has 2 aromatic heterocycles. The molecule has 0 aromatic carbocycles. The van der Waals surface area contributed by atoms with E-state index >= 15 is 0 Å². The molecular formula is C18H25N5O2. The first kappa shape index (κ1) is 16.5. The summed E-state index contributed by atoms with van der Waals surface area (Å²) in [5.74, 6) is 0.420. The van der Waals surface area contributed by atoms with Crippen LogP contribution in [0.4, 0.5) is 0 Å². The van der Waals surface area contributed by atoms with E-state index in [2.05, 4.69) is 22.4 Å². The molecule has 0 spiro atoms. The number of nitrogens with zero attached hydrogens (tertiary/aromatic N) is 4. The number of fused-ring (bicyclic) bond motifs is 1. The third-order valence-corrected chi connectivity index (χ3v) is 5.06. The number of aromatic nitrogens is 3. The molecular weight excluding hydrogens is 318 g/mol. The Morgan fingerprint density at radius 1 is 1.40 bits per heavy atom. The fourth-order valence-corrected chi connectivity index (χ4v) is 3.52. The number of hydrogen-bond donors (Lipinski definition) is 1. The van der Waals surface area contributed by atoms with E-state index in [1.54, 1.807) is 4.68 Å². The molecule has 1 N–H and O–H groups in total. The Kier molecular flexibility index (Phi) is 4.21. The molecule has 1 aliphatic carbocycles. The molecule has 0 radical (unpaired) electrons. The highest BCUT2D eigenvalue weighted by molar-refractivity contribution is 6.06. The number of hydrogen-bond acceptors (Lipinski definition) is 5. The number of carbonyl (C=O) groups is 1. The highest BCUT2D eigenvalue weighted by Gasteiger charge is 2.28. The van der Waals surface area contributed by atoms with Gasteiger partial charge in [0.25, 0.3) is 5.91 Å². The molecule has 2 aromatic rings. The zero-order valence-corrected chi connectivity index (χ0v) is 15.1. The average Bonchev–Trinajstić information content (AvgIpc) is 3.39. The van der Waals surface area contributed by atoms with Crippen LogP contribution in [0.5, 0.6) is 0 Å². The van der Waals surface area contributed by atoms with Crippen molar-refractivity contribution in [2.24, 2.45) is 7.05 Å². The average molecular weight is 343 g/mol. The molecule has 1 aliphatic heterocycles. The molecule has 4 rings (SSSR count). The Morgan fingerprint density at radius 2 is 2.20 bits per heavy atom. The number of pyridine rings is 1. The third kappa shape index (κ3) is 3.26. The number of likely N-dealkylation sites (N-methyl/N-ethyl adjacent to an activating group) is 1. The monoisotopic (exact) mass is 343 g/mol. The molecule has 7 heteroatoms. The van der Waals surface area contributed by atoms with E-state index in [1.807, 2.05) is 20.0 Å². The maximum Gasteiger partial charge on any atom is 0.252 e. The van der Waals surface area contributed by atoms with Crippen LogP contribution in [-0.2, 0) is 11.8 Å². The summed E-state index contributed by atoms with van der Waals surface area (Å²) in [7, 11) is 3.96. The summed E-state index contributed by atoms with van der Waals surface area (Å²) in [6.45, 7) is 4.94. The lowest BCUT2D eigenvalue weighted by Gasteiger charge is -2.30. The van der Waals surface area contributed by atoms with Gasteiger partial charge in [0.2, 0.25) is 0 Å². The predicted molar refractivity (Wildman–Crippen MR) is 94.8 cm³/mol. The first-order chi connectivity index (χ1) is 12.0. The first-order valence-electron chi connectivity index (χ1n) is 8.95. The van der Waals surface area contributed by atoms with Crippen molar-refractivity contribution >= 4 is 16.9 Å². The molecule has 2 fully saturated rings. The van der Waals surface area contributed by atoms with Crippen molar-refractivity contribution in [3.05, 3.63) is 23.0 Å². The van der Waals surface area contributed by atoms with Crippen molar-refractivity contribution in [1.29, 1.82) is 0 Å². The van der Waals surface area contributed by atoms with Gasteiger partial charge in [0, 0.05) is 38.3 Å². The van der Waals surface area contributed by atoms with E-state index in [4.69, 9.17) is 9.72 Å². The number of nitrogens with one attached hydrogen (secondary N) is 1. The van der Waals surface area contributed by atoms with E-state index in [-0.39, 0.29) is 12.0 Å². The Balaban J connectivity index is 1.59. The summed E-state index contributed by atoms with van der Waals surface area (Å²) in [6.07, 6.45) is 2.34. The summed E-state index contributed by atoms with van der Waals surface area (Å²) in [5.41, 5.74) is 3.32. The quantitative estimate of drug-likeness (QED) is 0.904. The minimum atomic E-state index is -0.0674. The molecule has 0 unspecified atom stereocenters. The maximum atomic E-state index is 12.9. The van der Waals surface area contributed by atoms with Gasteiger partial charge in [0.05, 0.1) is 29.4 Å². The van der Waals surface area contributed by atoms with Gasteiger partial charge in [-0.3, -0.25) is 9.48 Å². The second-order valence-electron chi connectivity index (χ2n) is 7.24. The normalized spacial score (nSPS) is 21.6. The Bertz CT molecular complexity index is 811. The van der Waals surface area contributed by atoms with Crippen LogP contribution in [0.3, 0.4) is 0 Å². The number of carbonyl (C=O) groups excluding carboxylic acids is 1. The molecule has 1 saturated carbocycles. The van der Waals surface area contributed by atoms with Crippen LogP contribution in [0.1, 0.15) is 40.5 Å². The van der Waals surface area contributed by atoms with E-state index in [0.717, 1.165) is 48.4 Å². The van der Waals surface area contributed by atoms with Gasteiger partial charge in [-0.15, -0.1) is 0 Å². The van der Waals surface area contributed by atoms with Crippen molar-refractivity contribution in [3.8, 4) is 0 Å². The summed E-state index contributed by atoms with van der Waals surface area (Å²) in [5, 5.41) is 8.36. The molecule has 1 saturated heterocycles. The predicted octanol–water partition coefficient (Wildman–Crippen LogP) is 1.21. The van der Waals surface area contributed by atoms with Crippen molar-refractivity contribution in [2.45, 2.75) is 31.8 Å². The molecule has 7 nitrogen and oxygen atoms in total. The summed E-state index contributed by atoms with van der Waals surface area (Å²) in [4.78, 5) is 19.9. The van der Waals surface area contributed by atoms with Gasteiger partial charge in [0.1, 0.15) is 0 Å². The van der Waals surface area contributed by atoms with Gasteiger partial charge in [-0.1, -0.05) is 0 Å². The Labute approximate surface area is 147 Å².